The minimum Gasteiger partial charge on any atom is -0.379 e. The SMILES string of the molecule is COC1COCCC1Nc1nc(-c2cccnc2)nc2ccccc12. The molecule has 1 N–H and O–H groups in total. The van der Waals surface area contributed by atoms with E-state index >= 15 is 0 Å². The first-order valence-corrected chi connectivity index (χ1v) is 8.39. The molecule has 0 spiro atoms. The van der Waals surface area contributed by atoms with Gasteiger partial charge in [0.15, 0.2) is 5.82 Å². The van der Waals surface area contributed by atoms with Crippen LogP contribution < -0.4 is 5.32 Å². The fourth-order valence-corrected chi connectivity index (χ4v) is 3.10. The molecule has 3 heterocycles. The van der Waals surface area contributed by atoms with Crippen molar-refractivity contribution < 1.29 is 9.47 Å². The van der Waals surface area contributed by atoms with Gasteiger partial charge in [-0.3, -0.25) is 4.98 Å². The number of rotatable bonds is 4. The second kappa shape index (κ2) is 7.13. The van der Waals surface area contributed by atoms with E-state index in [0.717, 1.165) is 35.3 Å². The molecule has 6 nitrogen and oxygen atoms in total. The Balaban J connectivity index is 1.76. The topological polar surface area (TPSA) is 69.2 Å². The molecule has 0 radical (unpaired) electrons. The fourth-order valence-electron chi connectivity index (χ4n) is 3.10. The molecule has 0 aliphatic carbocycles. The molecule has 2 atom stereocenters. The fraction of sp³-hybridized carbons (Fsp3) is 0.316. The summed E-state index contributed by atoms with van der Waals surface area (Å²) in [7, 11) is 1.72. The van der Waals surface area contributed by atoms with Gasteiger partial charge in [-0.25, -0.2) is 9.97 Å². The van der Waals surface area contributed by atoms with Crippen LogP contribution in [0, 0.1) is 0 Å². The van der Waals surface area contributed by atoms with Crippen LogP contribution in [0.5, 0.6) is 0 Å². The number of methoxy groups -OCH3 is 1. The summed E-state index contributed by atoms with van der Waals surface area (Å²) in [5.74, 6) is 1.48. The first-order valence-electron chi connectivity index (χ1n) is 8.39. The van der Waals surface area contributed by atoms with Crippen LogP contribution in [0.15, 0.2) is 48.8 Å². The molecular weight excluding hydrogens is 316 g/mol. The standard InChI is InChI=1S/C19H20N4O2/c1-24-17-12-25-10-8-16(17)22-19-14-6-2-3-7-15(14)21-18(23-19)13-5-4-9-20-11-13/h2-7,9,11,16-17H,8,10,12H2,1H3,(H,21,22,23). The summed E-state index contributed by atoms with van der Waals surface area (Å²) in [6.45, 7) is 1.31. The predicted molar refractivity (Wildman–Crippen MR) is 96.4 cm³/mol. The van der Waals surface area contributed by atoms with Gasteiger partial charge in [0.05, 0.1) is 18.2 Å². The molecule has 4 rings (SSSR count). The van der Waals surface area contributed by atoms with Gasteiger partial charge in [0, 0.05) is 37.1 Å². The lowest BCUT2D eigenvalue weighted by atomic mass is 10.1. The van der Waals surface area contributed by atoms with Crippen molar-refractivity contribution >= 4 is 16.7 Å². The summed E-state index contributed by atoms with van der Waals surface area (Å²) in [5, 5.41) is 4.56. The molecule has 1 saturated heterocycles. The molecule has 128 valence electrons. The highest BCUT2D eigenvalue weighted by molar-refractivity contribution is 5.90. The first kappa shape index (κ1) is 15.9. The molecule has 0 amide bonds. The van der Waals surface area contributed by atoms with E-state index in [0.29, 0.717) is 12.4 Å². The van der Waals surface area contributed by atoms with E-state index in [4.69, 9.17) is 19.4 Å². The number of hydrogen-bond acceptors (Lipinski definition) is 6. The van der Waals surface area contributed by atoms with E-state index in [9.17, 15) is 0 Å². The zero-order valence-electron chi connectivity index (χ0n) is 14.1. The molecule has 3 aromatic rings. The largest absolute Gasteiger partial charge is 0.379 e. The van der Waals surface area contributed by atoms with Crippen molar-refractivity contribution in [2.75, 3.05) is 25.6 Å². The third kappa shape index (κ3) is 3.31. The van der Waals surface area contributed by atoms with Gasteiger partial charge in [-0.05, 0) is 30.7 Å². The number of benzene rings is 1. The van der Waals surface area contributed by atoms with E-state index in [2.05, 4.69) is 10.3 Å². The molecule has 1 aliphatic heterocycles. The average molecular weight is 336 g/mol. The van der Waals surface area contributed by atoms with Crippen molar-refractivity contribution in [1.82, 2.24) is 15.0 Å². The maximum atomic E-state index is 5.56. The summed E-state index contributed by atoms with van der Waals surface area (Å²) < 4.78 is 11.1. The summed E-state index contributed by atoms with van der Waals surface area (Å²) in [6, 6.07) is 12.0. The molecule has 0 bridgehead atoms. The number of nitrogens with one attached hydrogen (secondary N) is 1. The number of anilines is 1. The maximum absolute atomic E-state index is 5.56. The number of nitrogens with zero attached hydrogens (tertiary/aromatic N) is 3. The van der Waals surface area contributed by atoms with Crippen molar-refractivity contribution in [3.8, 4) is 11.4 Å². The Hall–Kier alpha value is -2.57. The van der Waals surface area contributed by atoms with E-state index in [1.807, 2.05) is 36.4 Å². The molecule has 25 heavy (non-hydrogen) atoms. The van der Waals surface area contributed by atoms with Crippen LogP contribution in [-0.4, -0.2) is 47.4 Å². The van der Waals surface area contributed by atoms with E-state index in [-0.39, 0.29) is 12.1 Å². The molecule has 6 heteroatoms. The Morgan fingerprint density at radius 1 is 1.16 bits per heavy atom. The number of ether oxygens (including phenoxy) is 2. The van der Waals surface area contributed by atoms with Gasteiger partial charge in [-0.1, -0.05) is 12.1 Å². The van der Waals surface area contributed by atoms with Crippen LogP contribution in [0.2, 0.25) is 0 Å². The van der Waals surface area contributed by atoms with Gasteiger partial charge >= 0.3 is 0 Å². The number of aromatic nitrogens is 3. The molecule has 1 aromatic carbocycles. The lowest BCUT2D eigenvalue weighted by molar-refractivity contribution is -0.0366. The Kier molecular flexibility index (Phi) is 4.54. The zero-order valence-corrected chi connectivity index (χ0v) is 14.1. The van der Waals surface area contributed by atoms with Crippen LogP contribution in [-0.2, 0) is 9.47 Å². The first-order chi connectivity index (χ1) is 12.3. The predicted octanol–water partition coefficient (Wildman–Crippen LogP) is 2.91. The third-order valence-electron chi connectivity index (χ3n) is 4.45. The summed E-state index contributed by atoms with van der Waals surface area (Å²) >= 11 is 0. The van der Waals surface area contributed by atoms with Crippen LogP contribution in [0.3, 0.4) is 0 Å². The number of pyridine rings is 1. The molecule has 1 aliphatic rings. The van der Waals surface area contributed by atoms with E-state index < -0.39 is 0 Å². The van der Waals surface area contributed by atoms with E-state index in [1.165, 1.54) is 0 Å². The van der Waals surface area contributed by atoms with Crippen molar-refractivity contribution in [2.24, 2.45) is 0 Å². The lowest BCUT2D eigenvalue weighted by Gasteiger charge is -2.31. The van der Waals surface area contributed by atoms with Gasteiger partial charge in [-0.2, -0.15) is 0 Å². The lowest BCUT2D eigenvalue weighted by Crippen LogP contribution is -2.43. The maximum Gasteiger partial charge on any atom is 0.163 e. The highest BCUT2D eigenvalue weighted by Crippen LogP contribution is 2.26. The normalized spacial score (nSPS) is 20.5. The van der Waals surface area contributed by atoms with Crippen molar-refractivity contribution in [1.29, 1.82) is 0 Å². The number of para-hydroxylation sites is 1. The van der Waals surface area contributed by atoms with Crippen LogP contribution in [0.25, 0.3) is 22.3 Å². The second-order valence-corrected chi connectivity index (χ2v) is 6.04. The van der Waals surface area contributed by atoms with Gasteiger partial charge in [0.1, 0.15) is 11.9 Å². The Labute approximate surface area is 146 Å². The number of fused-ring (bicyclic) bond motifs is 1. The minimum atomic E-state index is 0.00400. The molecule has 2 aromatic heterocycles. The minimum absolute atomic E-state index is 0.00400. The zero-order chi connectivity index (χ0) is 17.1. The molecule has 0 saturated carbocycles. The van der Waals surface area contributed by atoms with Gasteiger partial charge in [0.25, 0.3) is 0 Å². The smallest absolute Gasteiger partial charge is 0.163 e. The van der Waals surface area contributed by atoms with Crippen LogP contribution in [0.1, 0.15) is 6.42 Å². The van der Waals surface area contributed by atoms with Crippen LogP contribution in [0.4, 0.5) is 5.82 Å². The monoisotopic (exact) mass is 336 g/mol. The van der Waals surface area contributed by atoms with Gasteiger partial charge in [-0.15, -0.1) is 0 Å². The number of hydrogen-bond donors (Lipinski definition) is 1. The second-order valence-electron chi connectivity index (χ2n) is 6.04. The van der Waals surface area contributed by atoms with Crippen LogP contribution >= 0.6 is 0 Å². The summed E-state index contributed by atoms with van der Waals surface area (Å²) in [6.07, 6.45) is 4.40. The van der Waals surface area contributed by atoms with E-state index in [1.54, 1.807) is 19.5 Å². The molecule has 2 unspecified atom stereocenters. The van der Waals surface area contributed by atoms with Crippen molar-refractivity contribution in [3.05, 3.63) is 48.8 Å². The molecule has 1 fully saturated rings. The Morgan fingerprint density at radius 2 is 2.08 bits per heavy atom. The molecular formula is C19H20N4O2. The quantitative estimate of drug-likeness (QED) is 0.790. The highest BCUT2D eigenvalue weighted by atomic mass is 16.5. The Morgan fingerprint density at radius 3 is 2.92 bits per heavy atom. The average Bonchev–Trinajstić information content (AvgIpc) is 2.69. The highest BCUT2D eigenvalue weighted by Gasteiger charge is 2.26. The van der Waals surface area contributed by atoms with Crippen molar-refractivity contribution in [3.63, 3.8) is 0 Å². The third-order valence-corrected chi connectivity index (χ3v) is 4.45. The Bertz CT molecular complexity index is 856. The summed E-state index contributed by atoms with van der Waals surface area (Å²) in [5.41, 5.74) is 1.80. The summed E-state index contributed by atoms with van der Waals surface area (Å²) in [4.78, 5) is 13.6. The van der Waals surface area contributed by atoms with Gasteiger partial charge in [0.2, 0.25) is 0 Å². The van der Waals surface area contributed by atoms with Gasteiger partial charge < -0.3 is 14.8 Å². The van der Waals surface area contributed by atoms with Crippen molar-refractivity contribution in [2.45, 2.75) is 18.6 Å².